The Hall–Kier alpha value is -0.650. The van der Waals surface area contributed by atoms with Crippen molar-refractivity contribution in [3.63, 3.8) is 0 Å². The van der Waals surface area contributed by atoms with Crippen molar-refractivity contribution in [1.82, 2.24) is 5.32 Å². The van der Waals surface area contributed by atoms with Gasteiger partial charge in [-0.1, -0.05) is 0 Å². The van der Waals surface area contributed by atoms with Gasteiger partial charge < -0.3 is 20.6 Å². The summed E-state index contributed by atoms with van der Waals surface area (Å²) in [6, 6.07) is 0. The van der Waals surface area contributed by atoms with Crippen LogP contribution in [0.15, 0.2) is 0 Å². The molecule has 1 unspecified atom stereocenters. The maximum absolute atomic E-state index is 10.9. The molecular formula is C7H15NO4. The average Bonchev–Trinajstić information content (AvgIpc) is 2.05. The van der Waals surface area contributed by atoms with Gasteiger partial charge in [0.15, 0.2) is 0 Å². The van der Waals surface area contributed by atoms with Crippen molar-refractivity contribution >= 4 is 5.91 Å². The molecule has 0 spiro atoms. The molecule has 0 heterocycles. The van der Waals surface area contributed by atoms with Crippen LogP contribution in [0.5, 0.6) is 0 Å². The number of aliphatic hydroxyl groups excluding tert-OH is 3. The number of carbonyl (C=O) groups excluding carboxylic acids is 1. The highest BCUT2D eigenvalue weighted by Crippen LogP contribution is 1.89. The second-order valence-electron chi connectivity index (χ2n) is 2.40. The molecule has 1 amide bonds. The maximum Gasteiger partial charge on any atom is 0.248 e. The third-order valence-electron chi connectivity index (χ3n) is 1.34. The van der Waals surface area contributed by atoms with Crippen molar-refractivity contribution in [1.29, 1.82) is 0 Å². The smallest absolute Gasteiger partial charge is 0.248 e. The highest BCUT2D eigenvalue weighted by Gasteiger charge is 2.12. The molecule has 72 valence electrons. The van der Waals surface area contributed by atoms with Crippen molar-refractivity contribution in [2.75, 3.05) is 19.8 Å². The summed E-state index contributed by atoms with van der Waals surface area (Å²) in [6.07, 6.45) is -0.628. The van der Waals surface area contributed by atoms with Crippen molar-refractivity contribution < 1.29 is 20.1 Å². The fraction of sp³-hybridized carbons (Fsp3) is 0.857. The average molecular weight is 177 g/mol. The van der Waals surface area contributed by atoms with Gasteiger partial charge >= 0.3 is 0 Å². The number of hydrogen-bond donors (Lipinski definition) is 4. The minimum Gasteiger partial charge on any atom is -0.396 e. The van der Waals surface area contributed by atoms with Crippen LogP contribution >= 0.6 is 0 Å². The van der Waals surface area contributed by atoms with Gasteiger partial charge in [0.1, 0.15) is 6.10 Å². The van der Waals surface area contributed by atoms with Crippen LogP contribution < -0.4 is 5.32 Å². The van der Waals surface area contributed by atoms with E-state index in [9.17, 15) is 4.79 Å². The van der Waals surface area contributed by atoms with Crippen molar-refractivity contribution in [3.05, 3.63) is 0 Å². The summed E-state index contributed by atoms with van der Waals surface area (Å²) >= 11 is 0. The Bertz CT molecular complexity index is 129. The Labute approximate surface area is 71.0 Å². The minimum atomic E-state index is -1.14. The Balaban J connectivity index is 3.43. The molecular weight excluding hydrogens is 162 g/mol. The molecule has 0 saturated heterocycles. The molecule has 0 aliphatic heterocycles. The lowest BCUT2D eigenvalue weighted by Crippen LogP contribution is -2.35. The fourth-order valence-corrected chi connectivity index (χ4v) is 0.662. The Kier molecular flexibility index (Phi) is 6.64. The summed E-state index contributed by atoms with van der Waals surface area (Å²) in [5.74, 6) is -0.502. The lowest BCUT2D eigenvalue weighted by atomic mass is 10.2. The number of carbonyl (C=O) groups is 1. The second-order valence-corrected chi connectivity index (χ2v) is 2.40. The monoisotopic (exact) mass is 177 g/mol. The summed E-state index contributed by atoms with van der Waals surface area (Å²) in [4.78, 5) is 10.9. The number of nitrogens with one attached hydrogen (secondary N) is 1. The molecule has 4 N–H and O–H groups in total. The van der Waals surface area contributed by atoms with E-state index >= 15 is 0 Å². The van der Waals surface area contributed by atoms with E-state index in [2.05, 4.69) is 5.32 Å². The van der Waals surface area contributed by atoms with Crippen LogP contribution in [0.4, 0.5) is 0 Å². The van der Waals surface area contributed by atoms with Gasteiger partial charge in [0, 0.05) is 26.2 Å². The number of amides is 1. The van der Waals surface area contributed by atoms with E-state index in [1.807, 2.05) is 0 Å². The summed E-state index contributed by atoms with van der Waals surface area (Å²) < 4.78 is 0. The molecule has 5 nitrogen and oxygen atoms in total. The first-order valence-corrected chi connectivity index (χ1v) is 3.90. The predicted octanol–water partition coefficient (Wildman–Crippen LogP) is -1.77. The van der Waals surface area contributed by atoms with Crippen LogP contribution in [-0.2, 0) is 4.79 Å². The van der Waals surface area contributed by atoms with Crippen LogP contribution in [0.1, 0.15) is 12.8 Å². The Morgan fingerprint density at radius 1 is 1.33 bits per heavy atom. The SMILES string of the molecule is O=C(NCCCO)C(O)CCO. The molecule has 0 bridgehead atoms. The zero-order valence-corrected chi connectivity index (χ0v) is 6.86. The number of hydrogen-bond acceptors (Lipinski definition) is 4. The van der Waals surface area contributed by atoms with Crippen molar-refractivity contribution in [2.45, 2.75) is 18.9 Å². The Morgan fingerprint density at radius 3 is 2.50 bits per heavy atom. The van der Waals surface area contributed by atoms with E-state index in [1.165, 1.54) is 0 Å². The molecule has 0 aromatic rings. The molecule has 0 fully saturated rings. The van der Waals surface area contributed by atoms with E-state index in [1.54, 1.807) is 0 Å². The van der Waals surface area contributed by atoms with E-state index in [-0.39, 0.29) is 19.6 Å². The van der Waals surface area contributed by atoms with Gasteiger partial charge in [-0.05, 0) is 6.42 Å². The highest BCUT2D eigenvalue weighted by molar-refractivity contribution is 5.80. The summed E-state index contributed by atoms with van der Waals surface area (Å²) in [7, 11) is 0. The minimum absolute atomic E-state index is 0.0103. The van der Waals surface area contributed by atoms with Crippen LogP contribution in [0.25, 0.3) is 0 Å². The number of rotatable bonds is 6. The molecule has 0 aromatic heterocycles. The van der Waals surface area contributed by atoms with Crippen LogP contribution in [-0.4, -0.2) is 47.1 Å². The molecule has 1 atom stereocenters. The lowest BCUT2D eigenvalue weighted by molar-refractivity contribution is -0.130. The topological polar surface area (TPSA) is 89.8 Å². The summed E-state index contributed by atoms with van der Waals surface area (Å²) in [5, 5.41) is 28.1. The van der Waals surface area contributed by atoms with E-state index in [0.29, 0.717) is 13.0 Å². The second kappa shape index (κ2) is 7.02. The van der Waals surface area contributed by atoms with E-state index in [4.69, 9.17) is 15.3 Å². The molecule has 0 aliphatic rings. The number of aliphatic hydroxyl groups is 3. The predicted molar refractivity (Wildman–Crippen MR) is 42.4 cm³/mol. The largest absolute Gasteiger partial charge is 0.396 e. The van der Waals surface area contributed by atoms with Crippen molar-refractivity contribution in [3.8, 4) is 0 Å². The van der Waals surface area contributed by atoms with Gasteiger partial charge in [0.05, 0.1) is 0 Å². The quantitative estimate of drug-likeness (QED) is 0.361. The molecule has 0 aliphatic carbocycles. The molecule has 0 aromatic carbocycles. The summed E-state index contributed by atoms with van der Waals surface area (Å²) in [5.41, 5.74) is 0. The zero-order chi connectivity index (χ0) is 9.40. The van der Waals surface area contributed by atoms with E-state index in [0.717, 1.165) is 0 Å². The van der Waals surface area contributed by atoms with Crippen LogP contribution in [0.3, 0.4) is 0 Å². The maximum atomic E-state index is 10.9. The molecule has 0 radical (unpaired) electrons. The Morgan fingerprint density at radius 2 is 2.00 bits per heavy atom. The van der Waals surface area contributed by atoms with Gasteiger partial charge in [-0.3, -0.25) is 4.79 Å². The first-order valence-electron chi connectivity index (χ1n) is 3.90. The first kappa shape index (κ1) is 11.4. The molecule has 0 rings (SSSR count). The van der Waals surface area contributed by atoms with Crippen LogP contribution in [0.2, 0.25) is 0 Å². The van der Waals surface area contributed by atoms with Gasteiger partial charge in [-0.2, -0.15) is 0 Å². The highest BCUT2D eigenvalue weighted by atomic mass is 16.3. The first-order chi connectivity index (χ1) is 5.72. The van der Waals surface area contributed by atoms with Gasteiger partial charge in [-0.15, -0.1) is 0 Å². The molecule has 12 heavy (non-hydrogen) atoms. The normalized spacial score (nSPS) is 12.6. The van der Waals surface area contributed by atoms with Gasteiger partial charge in [0.2, 0.25) is 5.91 Å². The van der Waals surface area contributed by atoms with Gasteiger partial charge in [0.25, 0.3) is 0 Å². The fourth-order valence-electron chi connectivity index (χ4n) is 0.662. The standard InChI is InChI=1S/C7H15NO4/c9-4-1-3-8-7(12)6(11)2-5-10/h6,9-11H,1-5H2,(H,8,12). The molecule has 0 saturated carbocycles. The lowest BCUT2D eigenvalue weighted by Gasteiger charge is -2.08. The summed E-state index contributed by atoms with van der Waals surface area (Å²) in [6.45, 7) is 0.142. The third kappa shape index (κ3) is 5.06. The van der Waals surface area contributed by atoms with E-state index < -0.39 is 12.0 Å². The van der Waals surface area contributed by atoms with Crippen LogP contribution in [0, 0.1) is 0 Å². The zero-order valence-electron chi connectivity index (χ0n) is 6.86. The van der Waals surface area contributed by atoms with Gasteiger partial charge in [-0.25, -0.2) is 0 Å². The van der Waals surface area contributed by atoms with Crippen molar-refractivity contribution in [2.24, 2.45) is 0 Å². The third-order valence-corrected chi connectivity index (χ3v) is 1.34. The molecule has 5 heteroatoms.